The standard InChI is InChI=1S/C21H31N7O/c1-4-5-8-16-27-18-19(17-15(26-20(18)23)7-6-9-24-17)28(16)11-10-25-21(29)14(22)12-13(2)3/h6-7,9,13-14H,4-5,8,10-12,22H2,1-3H3,(H2,23,26)(H,25,29). The first-order valence-corrected chi connectivity index (χ1v) is 10.3. The van der Waals surface area contributed by atoms with E-state index in [1.807, 2.05) is 12.1 Å². The number of aryl methyl sites for hydroxylation is 1. The van der Waals surface area contributed by atoms with Gasteiger partial charge in [-0.25, -0.2) is 9.97 Å². The van der Waals surface area contributed by atoms with E-state index in [1.165, 1.54) is 0 Å². The van der Waals surface area contributed by atoms with Crippen molar-refractivity contribution < 1.29 is 4.79 Å². The topological polar surface area (TPSA) is 125 Å². The van der Waals surface area contributed by atoms with Gasteiger partial charge in [-0.05, 0) is 30.9 Å². The predicted octanol–water partition coefficient (Wildman–Crippen LogP) is 2.39. The van der Waals surface area contributed by atoms with Crippen LogP contribution in [-0.2, 0) is 17.8 Å². The molecule has 1 atom stereocenters. The van der Waals surface area contributed by atoms with Crippen LogP contribution in [-0.4, -0.2) is 38.0 Å². The first kappa shape index (κ1) is 21.0. The fourth-order valence-electron chi connectivity index (χ4n) is 3.57. The van der Waals surface area contributed by atoms with Gasteiger partial charge in [0.05, 0.1) is 11.6 Å². The summed E-state index contributed by atoms with van der Waals surface area (Å²) in [6.45, 7) is 7.30. The average Bonchev–Trinajstić information content (AvgIpc) is 3.05. The van der Waals surface area contributed by atoms with Crippen LogP contribution in [0.1, 0.15) is 45.9 Å². The molecule has 3 heterocycles. The van der Waals surface area contributed by atoms with Crippen molar-refractivity contribution in [2.45, 2.75) is 59.0 Å². The number of rotatable bonds is 9. The number of aromatic nitrogens is 4. The van der Waals surface area contributed by atoms with Crippen LogP contribution in [0.4, 0.5) is 5.82 Å². The molecule has 0 saturated heterocycles. The van der Waals surface area contributed by atoms with E-state index in [1.54, 1.807) is 6.20 Å². The quantitative estimate of drug-likeness (QED) is 0.509. The highest BCUT2D eigenvalue weighted by molar-refractivity contribution is 6.04. The van der Waals surface area contributed by atoms with Gasteiger partial charge in [-0.2, -0.15) is 0 Å². The molecule has 0 radical (unpaired) electrons. The average molecular weight is 398 g/mol. The molecule has 5 N–H and O–H groups in total. The molecule has 0 aliphatic rings. The van der Waals surface area contributed by atoms with Gasteiger partial charge < -0.3 is 21.4 Å². The lowest BCUT2D eigenvalue weighted by atomic mass is 10.0. The molecule has 1 unspecified atom stereocenters. The molecule has 29 heavy (non-hydrogen) atoms. The summed E-state index contributed by atoms with van der Waals surface area (Å²) in [5.41, 5.74) is 15.2. The summed E-state index contributed by atoms with van der Waals surface area (Å²) in [6, 6.07) is 3.25. The Balaban J connectivity index is 1.91. The molecule has 8 nitrogen and oxygen atoms in total. The molecule has 0 saturated carbocycles. The van der Waals surface area contributed by atoms with Crippen LogP contribution in [0.2, 0.25) is 0 Å². The second-order valence-electron chi connectivity index (χ2n) is 7.88. The predicted molar refractivity (Wildman–Crippen MR) is 116 cm³/mol. The highest BCUT2D eigenvalue weighted by Gasteiger charge is 2.19. The van der Waals surface area contributed by atoms with Gasteiger partial charge in [0.1, 0.15) is 22.4 Å². The maximum absolute atomic E-state index is 12.3. The molecule has 156 valence electrons. The highest BCUT2D eigenvalue weighted by Crippen LogP contribution is 2.27. The van der Waals surface area contributed by atoms with Gasteiger partial charge in [0, 0.05) is 25.7 Å². The van der Waals surface area contributed by atoms with Crippen LogP contribution in [0.15, 0.2) is 18.3 Å². The zero-order valence-electron chi connectivity index (χ0n) is 17.5. The Morgan fingerprint density at radius 2 is 2.07 bits per heavy atom. The number of nitrogens with zero attached hydrogens (tertiary/aromatic N) is 4. The minimum absolute atomic E-state index is 0.123. The van der Waals surface area contributed by atoms with Crippen molar-refractivity contribution in [3.63, 3.8) is 0 Å². The van der Waals surface area contributed by atoms with Gasteiger partial charge in [0.15, 0.2) is 5.82 Å². The van der Waals surface area contributed by atoms with E-state index in [0.717, 1.165) is 41.6 Å². The van der Waals surface area contributed by atoms with E-state index in [-0.39, 0.29) is 5.91 Å². The van der Waals surface area contributed by atoms with Crippen LogP contribution >= 0.6 is 0 Å². The molecule has 0 aromatic carbocycles. The van der Waals surface area contributed by atoms with Crippen LogP contribution in [0, 0.1) is 5.92 Å². The fourth-order valence-corrected chi connectivity index (χ4v) is 3.57. The summed E-state index contributed by atoms with van der Waals surface area (Å²) in [5, 5.41) is 2.96. The molecule has 0 aliphatic heterocycles. The molecule has 0 spiro atoms. The van der Waals surface area contributed by atoms with Gasteiger partial charge in [0.25, 0.3) is 0 Å². The van der Waals surface area contributed by atoms with Crippen molar-refractivity contribution in [3.05, 3.63) is 24.2 Å². The first-order valence-electron chi connectivity index (χ1n) is 10.3. The van der Waals surface area contributed by atoms with Gasteiger partial charge in [-0.15, -0.1) is 0 Å². The third kappa shape index (κ3) is 4.64. The number of hydrogen-bond donors (Lipinski definition) is 3. The molecule has 3 rings (SSSR count). The Morgan fingerprint density at radius 1 is 1.28 bits per heavy atom. The number of fused-ring (bicyclic) bond motifs is 3. The number of nitrogen functional groups attached to an aromatic ring is 1. The van der Waals surface area contributed by atoms with E-state index in [2.05, 4.69) is 40.6 Å². The lowest BCUT2D eigenvalue weighted by Gasteiger charge is -2.15. The van der Waals surface area contributed by atoms with Crippen LogP contribution in [0.5, 0.6) is 0 Å². The zero-order valence-corrected chi connectivity index (χ0v) is 17.5. The van der Waals surface area contributed by atoms with Crippen LogP contribution < -0.4 is 16.8 Å². The molecule has 0 fully saturated rings. The molecule has 8 heteroatoms. The Morgan fingerprint density at radius 3 is 2.79 bits per heavy atom. The molecule has 3 aromatic heterocycles. The van der Waals surface area contributed by atoms with Crippen LogP contribution in [0.3, 0.4) is 0 Å². The van der Waals surface area contributed by atoms with E-state index < -0.39 is 6.04 Å². The zero-order chi connectivity index (χ0) is 21.0. The normalized spacial score (nSPS) is 12.7. The Hall–Kier alpha value is -2.74. The SMILES string of the molecule is CCCCc1nc2c(N)nc3cccnc3c2n1CCNC(=O)C(N)CC(C)C. The summed E-state index contributed by atoms with van der Waals surface area (Å²) in [4.78, 5) is 26.0. The first-order chi connectivity index (χ1) is 13.9. The van der Waals surface area contributed by atoms with Gasteiger partial charge in [0.2, 0.25) is 5.91 Å². The lowest BCUT2D eigenvalue weighted by molar-refractivity contribution is -0.122. The minimum Gasteiger partial charge on any atom is -0.382 e. The second-order valence-corrected chi connectivity index (χ2v) is 7.88. The molecular weight excluding hydrogens is 366 g/mol. The number of amides is 1. The number of pyridine rings is 2. The molecule has 3 aromatic rings. The van der Waals surface area contributed by atoms with Crippen LogP contribution in [0.25, 0.3) is 22.1 Å². The number of carbonyl (C=O) groups excluding carboxylic acids is 1. The number of hydrogen-bond acceptors (Lipinski definition) is 6. The number of anilines is 1. The number of nitrogens with two attached hydrogens (primary N) is 2. The van der Waals surface area contributed by atoms with Gasteiger partial charge >= 0.3 is 0 Å². The monoisotopic (exact) mass is 397 g/mol. The number of imidazole rings is 1. The van der Waals surface area contributed by atoms with E-state index in [9.17, 15) is 4.79 Å². The summed E-state index contributed by atoms with van der Waals surface area (Å²) >= 11 is 0. The number of carbonyl (C=O) groups is 1. The summed E-state index contributed by atoms with van der Waals surface area (Å²) in [7, 11) is 0. The van der Waals surface area contributed by atoms with Crippen molar-refractivity contribution in [3.8, 4) is 0 Å². The number of nitrogens with one attached hydrogen (secondary N) is 1. The van der Waals surface area contributed by atoms with Crippen molar-refractivity contribution in [1.82, 2.24) is 24.8 Å². The van der Waals surface area contributed by atoms with E-state index in [0.29, 0.717) is 36.8 Å². The maximum atomic E-state index is 12.3. The van der Waals surface area contributed by atoms with Gasteiger partial charge in [-0.3, -0.25) is 9.78 Å². The van der Waals surface area contributed by atoms with Gasteiger partial charge in [-0.1, -0.05) is 27.2 Å². The summed E-state index contributed by atoms with van der Waals surface area (Å²) in [6.07, 6.45) is 5.33. The maximum Gasteiger partial charge on any atom is 0.236 e. The smallest absolute Gasteiger partial charge is 0.236 e. The Kier molecular flexibility index (Phi) is 6.64. The molecule has 0 bridgehead atoms. The highest BCUT2D eigenvalue weighted by atomic mass is 16.2. The summed E-state index contributed by atoms with van der Waals surface area (Å²) < 4.78 is 2.12. The minimum atomic E-state index is -0.489. The van der Waals surface area contributed by atoms with Crippen molar-refractivity contribution in [2.24, 2.45) is 11.7 Å². The third-order valence-electron chi connectivity index (χ3n) is 4.99. The summed E-state index contributed by atoms with van der Waals surface area (Å²) in [5.74, 6) is 1.60. The van der Waals surface area contributed by atoms with Crippen molar-refractivity contribution in [1.29, 1.82) is 0 Å². The van der Waals surface area contributed by atoms with Crippen molar-refractivity contribution in [2.75, 3.05) is 12.3 Å². The lowest BCUT2D eigenvalue weighted by Crippen LogP contribution is -2.42. The largest absolute Gasteiger partial charge is 0.382 e. The third-order valence-corrected chi connectivity index (χ3v) is 4.99. The molecular formula is C21H31N7O. The molecule has 1 amide bonds. The Bertz CT molecular complexity index is 996. The second kappa shape index (κ2) is 9.17. The Labute approximate surface area is 171 Å². The number of unbranched alkanes of at least 4 members (excludes halogenated alkanes) is 1. The fraction of sp³-hybridized carbons (Fsp3) is 0.524. The van der Waals surface area contributed by atoms with E-state index in [4.69, 9.17) is 16.5 Å². The molecule has 0 aliphatic carbocycles. The van der Waals surface area contributed by atoms with E-state index >= 15 is 0 Å². The van der Waals surface area contributed by atoms with Crippen molar-refractivity contribution >= 4 is 33.8 Å².